The highest BCUT2D eigenvalue weighted by molar-refractivity contribution is 5.56. The van der Waals surface area contributed by atoms with Crippen LogP contribution < -0.4 is 4.90 Å². The summed E-state index contributed by atoms with van der Waals surface area (Å²) >= 11 is 0. The maximum Gasteiger partial charge on any atom is 0.179 e. The number of morpholine rings is 1. The predicted molar refractivity (Wildman–Crippen MR) is 95.4 cm³/mol. The Morgan fingerprint density at radius 2 is 2.04 bits per heavy atom. The number of aromatic nitrogens is 3. The Morgan fingerprint density at radius 3 is 2.88 bits per heavy atom. The molecule has 2 aromatic heterocycles. The third-order valence-electron chi connectivity index (χ3n) is 4.17. The lowest BCUT2D eigenvalue weighted by atomic mass is 10.1. The number of hydrogen-bond acceptors (Lipinski definition) is 6. The van der Waals surface area contributed by atoms with Crippen molar-refractivity contribution in [1.82, 2.24) is 14.6 Å². The molecule has 0 atom stereocenters. The zero-order valence-corrected chi connectivity index (χ0v) is 14.2. The smallest absolute Gasteiger partial charge is 0.179 e. The van der Waals surface area contributed by atoms with Gasteiger partial charge in [-0.3, -0.25) is 0 Å². The highest BCUT2D eigenvalue weighted by Crippen LogP contribution is 2.23. The van der Waals surface area contributed by atoms with Crippen molar-refractivity contribution in [2.45, 2.75) is 13.5 Å². The Kier molecular flexibility index (Phi) is 4.39. The first-order chi connectivity index (χ1) is 12.3. The fourth-order valence-electron chi connectivity index (χ4n) is 2.95. The molecule has 1 saturated heterocycles. The van der Waals surface area contributed by atoms with Crippen molar-refractivity contribution in [3.63, 3.8) is 0 Å². The molecule has 1 aliphatic heterocycles. The molecule has 0 bridgehead atoms. The summed E-state index contributed by atoms with van der Waals surface area (Å²) in [5.41, 5.74) is 3.14. The Morgan fingerprint density at radius 1 is 1.16 bits per heavy atom. The molecule has 4 rings (SSSR count). The van der Waals surface area contributed by atoms with Crippen LogP contribution in [0.25, 0.3) is 5.65 Å². The van der Waals surface area contributed by atoms with Gasteiger partial charge in [-0.25, -0.2) is 4.98 Å². The Labute approximate surface area is 146 Å². The standard InChI is InChI=1S/C18H20N6O/c1-14-3-2-4-15(11-14)13-19-22-16-12-18(23-7-9-25-10-8-23)24-17(21-16)5-6-20-24/h2-6,11-12H,7-10,13H2,1H3. The van der Waals surface area contributed by atoms with Crippen LogP contribution in [0.2, 0.25) is 0 Å². The first-order valence-electron chi connectivity index (χ1n) is 8.40. The molecular weight excluding hydrogens is 316 g/mol. The Bertz CT molecular complexity index is 897. The summed E-state index contributed by atoms with van der Waals surface area (Å²) in [5, 5.41) is 13.0. The Balaban J connectivity index is 1.60. The van der Waals surface area contributed by atoms with Crippen LogP contribution >= 0.6 is 0 Å². The first-order valence-corrected chi connectivity index (χ1v) is 8.40. The van der Waals surface area contributed by atoms with Gasteiger partial charge in [0.2, 0.25) is 0 Å². The van der Waals surface area contributed by atoms with Gasteiger partial charge in [0.15, 0.2) is 11.5 Å². The van der Waals surface area contributed by atoms with E-state index in [2.05, 4.69) is 50.3 Å². The third kappa shape index (κ3) is 3.51. The van der Waals surface area contributed by atoms with Crippen molar-refractivity contribution in [2.75, 3.05) is 31.2 Å². The number of nitrogens with zero attached hydrogens (tertiary/aromatic N) is 6. The van der Waals surface area contributed by atoms with Gasteiger partial charge in [-0.05, 0) is 12.5 Å². The molecule has 0 amide bonds. The minimum absolute atomic E-state index is 0.542. The van der Waals surface area contributed by atoms with Gasteiger partial charge in [-0.1, -0.05) is 29.8 Å². The van der Waals surface area contributed by atoms with Crippen LogP contribution in [0.4, 0.5) is 11.6 Å². The molecule has 0 saturated carbocycles. The van der Waals surface area contributed by atoms with E-state index < -0.39 is 0 Å². The third-order valence-corrected chi connectivity index (χ3v) is 4.17. The van der Waals surface area contributed by atoms with Gasteiger partial charge in [0.25, 0.3) is 0 Å². The van der Waals surface area contributed by atoms with Gasteiger partial charge in [0.05, 0.1) is 26.0 Å². The molecule has 0 radical (unpaired) electrons. The van der Waals surface area contributed by atoms with Crippen LogP contribution in [0.1, 0.15) is 11.1 Å². The van der Waals surface area contributed by atoms with E-state index in [0.717, 1.165) is 43.3 Å². The number of aryl methyl sites for hydroxylation is 1. The van der Waals surface area contributed by atoms with Crippen LogP contribution in [0.5, 0.6) is 0 Å². The molecule has 3 aromatic rings. The van der Waals surface area contributed by atoms with Crippen LogP contribution in [-0.4, -0.2) is 40.9 Å². The number of benzene rings is 1. The summed E-state index contributed by atoms with van der Waals surface area (Å²) in [6, 6.07) is 12.1. The second-order valence-electron chi connectivity index (χ2n) is 6.06. The zero-order valence-electron chi connectivity index (χ0n) is 14.2. The molecular formula is C18H20N6O. The lowest BCUT2D eigenvalue weighted by Gasteiger charge is -2.28. The molecule has 7 nitrogen and oxygen atoms in total. The molecule has 0 unspecified atom stereocenters. The highest BCUT2D eigenvalue weighted by Gasteiger charge is 2.16. The summed E-state index contributed by atoms with van der Waals surface area (Å²) in [7, 11) is 0. The van der Waals surface area contributed by atoms with Gasteiger partial charge in [-0.15, -0.1) is 5.11 Å². The fraction of sp³-hybridized carbons (Fsp3) is 0.333. The van der Waals surface area contributed by atoms with E-state index in [1.54, 1.807) is 6.20 Å². The van der Waals surface area contributed by atoms with E-state index in [-0.39, 0.29) is 0 Å². The van der Waals surface area contributed by atoms with E-state index in [1.165, 1.54) is 5.56 Å². The highest BCUT2D eigenvalue weighted by atomic mass is 16.5. The average Bonchev–Trinajstić information content (AvgIpc) is 3.10. The predicted octanol–water partition coefficient (Wildman–Crippen LogP) is 3.16. The van der Waals surface area contributed by atoms with E-state index in [4.69, 9.17) is 4.74 Å². The van der Waals surface area contributed by atoms with E-state index >= 15 is 0 Å². The van der Waals surface area contributed by atoms with E-state index in [9.17, 15) is 0 Å². The fourth-order valence-corrected chi connectivity index (χ4v) is 2.95. The second-order valence-corrected chi connectivity index (χ2v) is 6.06. The quantitative estimate of drug-likeness (QED) is 0.686. The number of ether oxygens (including phenoxy) is 1. The minimum atomic E-state index is 0.542. The topological polar surface area (TPSA) is 67.4 Å². The lowest BCUT2D eigenvalue weighted by Crippen LogP contribution is -2.37. The van der Waals surface area contributed by atoms with E-state index in [1.807, 2.05) is 22.7 Å². The molecule has 3 heterocycles. The molecule has 0 N–H and O–H groups in total. The molecule has 1 aliphatic rings. The SMILES string of the molecule is Cc1cccc(CN=Nc2cc(N3CCOCC3)n3nccc3n2)c1. The summed E-state index contributed by atoms with van der Waals surface area (Å²) < 4.78 is 7.28. The van der Waals surface area contributed by atoms with Gasteiger partial charge in [-0.2, -0.15) is 14.7 Å². The first kappa shape index (κ1) is 15.7. The van der Waals surface area contributed by atoms with Crippen molar-refractivity contribution in [3.8, 4) is 0 Å². The summed E-state index contributed by atoms with van der Waals surface area (Å²) in [5.74, 6) is 1.57. The summed E-state index contributed by atoms with van der Waals surface area (Å²) in [6.45, 7) is 5.72. The molecule has 0 aliphatic carbocycles. The van der Waals surface area contributed by atoms with Crippen LogP contribution in [0, 0.1) is 6.92 Å². The number of fused-ring (bicyclic) bond motifs is 1. The number of anilines is 1. The van der Waals surface area contributed by atoms with Gasteiger partial charge >= 0.3 is 0 Å². The largest absolute Gasteiger partial charge is 0.378 e. The van der Waals surface area contributed by atoms with Crippen LogP contribution in [0.3, 0.4) is 0 Å². The maximum absolute atomic E-state index is 5.44. The van der Waals surface area contributed by atoms with Gasteiger partial charge < -0.3 is 9.64 Å². The van der Waals surface area contributed by atoms with Crippen LogP contribution in [-0.2, 0) is 11.3 Å². The molecule has 1 fully saturated rings. The number of rotatable bonds is 4. The van der Waals surface area contributed by atoms with Crippen LogP contribution in [0.15, 0.2) is 52.8 Å². The number of hydrogen-bond donors (Lipinski definition) is 0. The summed E-state index contributed by atoms with van der Waals surface area (Å²) in [4.78, 5) is 6.76. The molecule has 25 heavy (non-hydrogen) atoms. The second kappa shape index (κ2) is 6.98. The Hall–Kier alpha value is -2.80. The average molecular weight is 336 g/mol. The van der Waals surface area contributed by atoms with E-state index in [0.29, 0.717) is 12.4 Å². The van der Waals surface area contributed by atoms with Crippen molar-refractivity contribution < 1.29 is 4.74 Å². The number of azo groups is 1. The van der Waals surface area contributed by atoms with Crippen molar-refractivity contribution >= 4 is 17.3 Å². The molecule has 7 heteroatoms. The van der Waals surface area contributed by atoms with Crippen molar-refractivity contribution in [2.24, 2.45) is 10.2 Å². The zero-order chi connectivity index (χ0) is 17.1. The van der Waals surface area contributed by atoms with Gasteiger partial charge in [0.1, 0.15) is 5.82 Å². The summed E-state index contributed by atoms with van der Waals surface area (Å²) in [6.07, 6.45) is 1.75. The molecule has 128 valence electrons. The monoisotopic (exact) mass is 336 g/mol. The normalized spacial score (nSPS) is 15.3. The van der Waals surface area contributed by atoms with Gasteiger partial charge in [0, 0.05) is 25.2 Å². The minimum Gasteiger partial charge on any atom is -0.378 e. The maximum atomic E-state index is 5.44. The molecule has 0 spiro atoms. The molecule has 1 aromatic carbocycles. The van der Waals surface area contributed by atoms with Crippen molar-refractivity contribution in [3.05, 3.63) is 53.7 Å². The van der Waals surface area contributed by atoms with Crippen molar-refractivity contribution in [1.29, 1.82) is 0 Å². The lowest BCUT2D eigenvalue weighted by molar-refractivity contribution is 0.122.